The van der Waals surface area contributed by atoms with Gasteiger partial charge in [0, 0.05) is 12.1 Å². The summed E-state index contributed by atoms with van der Waals surface area (Å²) in [6, 6.07) is 9.45. The summed E-state index contributed by atoms with van der Waals surface area (Å²) in [5, 5.41) is 0.322. The highest BCUT2D eigenvalue weighted by Gasteiger charge is 2.31. The molecule has 0 aromatic heterocycles. The van der Waals surface area contributed by atoms with Crippen molar-refractivity contribution in [2.75, 3.05) is 20.8 Å². The minimum absolute atomic E-state index is 0.0695. The minimum Gasteiger partial charge on any atom is -0.493 e. The lowest BCUT2D eigenvalue weighted by Crippen LogP contribution is -2.30. The fourth-order valence-electron chi connectivity index (χ4n) is 3.25. The normalized spacial score (nSPS) is 16.8. The van der Waals surface area contributed by atoms with Crippen LogP contribution < -0.4 is 9.47 Å². The SMILES string of the molecule is COc1cc(C(=O)N2CCCC2c2ccc(F)cc2)cc(Cl)c1OC. The van der Waals surface area contributed by atoms with E-state index in [0.717, 1.165) is 18.4 Å². The molecular formula is C19H19ClFNO3. The number of benzene rings is 2. The Hall–Kier alpha value is -2.27. The van der Waals surface area contributed by atoms with Gasteiger partial charge in [-0.3, -0.25) is 4.79 Å². The molecule has 4 nitrogen and oxygen atoms in total. The number of hydrogen-bond donors (Lipinski definition) is 0. The first-order valence-corrected chi connectivity index (χ1v) is 8.41. The van der Waals surface area contributed by atoms with Gasteiger partial charge in [0.25, 0.3) is 5.91 Å². The van der Waals surface area contributed by atoms with E-state index in [4.69, 9.17) is 21.1 Å². The van der Waals surface area contributed by atoms with Gasteiger partial charge >= 0.3 is 0 Å². The van der Waals surface area contributed by atoms with Crippen molar-refractivity contribution in [2.24, 2.45) is 0 Å². The van der Waals surface area contributed by atoms with Gasteiger partial charge in [0.15, 0.2) is 11.5 Å². The standard InChI is InChI=1S/C19H19ClFNO3/c1-24-17-11-13(10-15(20)18(17)25-2)19(23)22-9-3-4-16(22)12-5-7-14(21)8-6-12/h5-8,10-11,16H,3-4,9H2,1-2H3. The highest BCUT2D eigenvalue weighted by Crippen LogP contribution is 2.38. The Kier molecular flexibility index (Phi) is 5.13. The molecule has 25 heavy (non-hydrogen) atoms. The Labute approximate surface area is 151 Å². The number of carbonyl (C=O) groups excluding carboxylic acids is 1. The van der Waals surface area contributed by atoms with Crippen LogP contribution in [0.1, 0.15) is 34.8 Å². The number of methoxy groups -OCH3 is 2. The molecule has 2 aromatic carbocycles. The van der Waals surface area contributed by atoms with Crippen LogP contribution in [0.3, 0.4) is 0 Å². The number of halogens is 2. The number of rotatable bonds is 4. The van der Waals surface area contributed by atoms with Gasteiger partial charge in [0.2, 0.25) is 0 Å². The van der Waals surface area contributed by atoms with E-state index in [9.17, 15) is 9.18 Å². The van der Waals surface area contributed by atoms with Crippen LogP contribution >= 0.6 is 11.6 Å². The highest BCUT2D eigenvalue weighted by molar-refractivity contribution is 6.32. The zero-order valence-corrected chi connectivity index (χ0v) is 14.8. The highest BCUT2D eigenvalue weighted by atomic mass is 35.5. The molecule has 0 spiro atoms. The predicted octanol–water partition coefficient (Wildman–Crippen LogP) is 4.47. The third-order valence-electron chi connectivity index (χ3n) is 4.45. The van der Waals surface area contributed by atoms with Gasteiger partial charge in [-0.05, 0) is 42.7 Å². The van der Waals surface area contributed by atoms with Crippen LogP contribution in [-0.4, -0.2) is 31.6 Å². The van der Waals surface area contributed by atoms with Crippen molar-refractivity contribution in [2.45, 2.75) is 18.9 Å². The number of hydrogen-bond acceptors (Lipinski definition) is 3. The molecule has 1 saturated heterocycles. The van der Waals surface area contributed by atoms with E-state index in [0.29, 0.717) is 28.6 Å². The first-order valence-electron chi connectivity index (χ1n) is 8.03. The van der Waals surface area contributed by atoms with Crippen molar-refractivity contribution in [1.82, 2.24) is 4.90 Å². The van der Waals surface area contributed by atoms with Gasteiger partial charge in [-0.1, -0.05) is 23.7 Å². The molecule has 1 heterocycles. The Morgan fingerprint density at radius 3 is 2.56 bits per heavy atom. The van der Waals surface area contributed by atoms with Gasteiger partial charge in [0.05, 0.1) is 25.3 Å². The summed E-state index contributed by atoms with van der Waals surface area (Å²) in [4.78, 5) is 14.8. The smallest absolute Gasteiger partial charge is 0.254 e. The van der Waals surface area contributed by atoms with Crippen LogP contribution in [-0.2, 0) is 0 Å². The fourth-order valence-corrected chi connectivity index (χ4v) is 3.54. The minimum atomic E-state index is -0.286. The Bertz CT molecular complexity index is 779. The van der Waals surface area contributed by atoms with E-state index in [1.54, 1.807) is 29.2 Å². The summed E-state index contributed by atoms with van der Waals surface area (Å²) in [5.41, 5.74) is 1.37. The van der Waals surface area contributed by atoms with Crippen molar-refractivity contribution in [3.8, 4) is 11.5 Å². The zero-order chi connectivity index (χ0) is 18.0. The molecule has 0 saturated carbocycles. The quantitative estimate of drug-likeness (QED) is 0.804. The fraction of sp³-hybridized carbons (Fsp3) is 0.316. The average Bonchev–Trinajstić information content (AvgIpc) is 3.10. The molecule has 1 fully saturated rings. The topological polar surface area (TPSA) is 38.8 Å². The summed E-state index contributed by atoms with van der Waals surface area (Å²) in [6.07, 6.45) is 1.74. The molecule has 1 unspecified atom stereocenters. The van der Waals surface area contributed by atoms with E-state index < -0.39 is 0 Å². The molecule has 132 valence electrons. The van der Waals surface area contributed by atoms with Gasteiger partial charge in [-0.25, -0.2) is 4.39 Å². The van der Waals surface area contributed by atoms with E-state index in [1.165, 1.54) is 26.4 Å². The molecule has 6 heteroatoms. The van der Waals surface area contributed by atoms with Crippen LogP contribution in [0, 0.1) is 5.82 Å². The first-order chi connectivity index (χ1) is 12.0. The van der Waals surface area contributed by atoms with Crippen LogP contribution in [0.5, 0.6) is 11.5 Å². The lowest BCUT2D eigenvalue weighted by Gasteiger charge is -2.25. The summed E-state index contributed by atoms with van der Waals surface area (Å²) in [5.74, 6) is 0.397. The third kappa shape index (κ3) is 3.42. The Morgan fingerprint density at radius 2 is 1.92 bits per heavy atom. The summed E-state index contributed by atoms with van der Waals surface area (Å²) in [7, 11) is 3.00. The van der Waals surface area contributed by atoms with Gasteiger partial charge in [-0.15, -0.1) is 0 Å². The molecular weight excluding hydrogens is 345 g/mol. The van der Waals surface area contributed by atoms with E-state index >= 15 is 0 Å². The largest absolute Gasteiger partial charge is 0.493 e. The molecule has 2 aromatic rings. The van der Waals surface area contributed by atoms with Crippen molar-refractivity contribution >= 4 is 17.5 Å². The second kappa shape index (κ2) is 7.31. The van der Waals surface area contributed by atoms with Crippen molar-refractivity contribution < 1.29 is 18.7 Å². The van der Waals surface area contributed by atoms with Crippen LogP contribution in [0.15, 0.2) is 36.4 Å². The number of ether oxygens (including phenoxy) is 2. The van der Waals surface area contributed by atoms with Crippen LogP contribution in [0.2, 0.25) is 5.02 Å². The van der Waals surface area contributed by atoms with Crippen molar-refractivity contribution in [3.63, 3.8) is 0 Å². The average molecular weight is 364 g/mol. The molecule has 0 radical (unpaired) electrons. The molecule has 0 aliphatic carbocycles. The molecule has 1 atom stereocenters. The lowest BCUT2D eigenvalue weighted by atomic mass is 10.0. The maximum absolute atomic E-state index is 13.2. The number of carbonyl (C=O) groups is 1. The molecule has 3 rings (SSSR count). The summed E-state index contributed by atoms with van der Waals surface area (Å²) in [6.45, 7) is 0.646. The van der Waals surface area contributed by atoms with Crippen molar-refractivity contribution in [3.05, 3.63) is 58.4 Å². The second-order valence-electron chi connectivity index (χ2n) is 5.90. The van der Waals surface area contributed by atoms with E-state index in [-0.39, 0.29) is 17.8 Å². The summed E-state index contributed by atoms with van der Waals surface area (Å²) < 4.78 is 23.7. The maximum Gasteiger partial charge on any atom is 0.254 e. The lowest BCUT2D eigenvalue weighted by molar-refractivity contribution is 0.0735. The molecule has 1 aliphatic heterocycles. The van der Waals surface area contributed by atoms with Crippen molar-refractivity contribution in [1.29, 1.82) is 0 Å². The van der Waals surface area contributed by atoms with Gasteiger partial charge in [-0.2, -0.15) is 0 Å². The maximum atomic E-state index is 13.2. The first kappa shape index (κ1) is 17.5. The second-order valence-corrected chi connectivity index (χ2v) is 6.31. The molecule has 1 amide bonds. The molecule has 0 N–H and O–H groups in total. The molecule has 0 bridgehead atoms. The number of nitrogens with zero attached hydrogens (tertiary/aromatic N) is 1. The predicted molar refractivity (Wildman–Crippen MR) is 94.0 cm³/mol. The van der Waals surface area contributed by atoms with E-state index in [1.807, 2.05) is 0 Å². The Balaban J connectivity index is 1.91. The molecule has 1 aliphatic rings. The zero-order valence-electron chi connectivity index (χ0n) is 14.1. The third-order valence-corrected chi connectivity index (χ3v) is 4.73. The summed E-state index contributed by atoms with van der Waals surface area (Å²) >= 11 is 6.22. The monoisotopic (exact) mass is 363 g/mol. The number of amides is 1. The van der Waals surface area contributed by atoms with Gasteiger partial charge in [0.1, 0.15) is 5.82 Å². The van der Waals surface area contributed by atoms with E-state index in [2.05, 4.69) is 0 Å². The van der Waals surface area contributed by atoms with Crippen LogP contribution in [0.4, 0.5) is 4.39 Å². The van der Waals surface area contributed by atoms with Gasteiger partial charge < -0.3 is 14.4 Å². The number of likely N-dealkylation sites (tertiary alicyclic amines) is 1. The Morgan fingerprint density at radius 1 is 1.20 bits per heavy atom. The van der Waals surface area contributed by atoms with Crippen LogP contribution in [0.25, 0.3) is 0 Å².